The van der Waals surface area contributed by atoms with Crippen molar-refractivity contribution in [3.05, 3.63) is 54.1 Å². The fourth-order valence-corrected chi connectivity index (χ4v) is 3.18. The van der Waals surface area contributed by atoms with Crippen LogP contribution in [0.3, 0.4) is 0 Å². The van der Waals surface area contributed by atoms with Gasteiger partial charge in [-0.3, -0.25) is 0 Å². The van der Waals surface area contributed by atoms with Gasteiger partial charge < -0.3 is 23.7 Å². The number of benzene rings is 2. The molecule has 0 radical (unpaired) electrons. The number of ether oxygens (including phenoxy) is 5. The lowest BCUT2D eigenvalue weighted by Gasteiger charge is -2.33. The van der Waals surface area contributed by atoms with Crippen LogP contribution in [0.15, 0.2) is 43.0 Å². The Morgan fingerprint density at radius 1 is 1.12 bits per heavy atom. The van der Waals surface area contributed by atoms with Crippen molar-refractivity contribution in [1.29, 1.82) is 0 Å². The molecule has 2 aliphatic rings. The molecule has 0 bridgehead atoms. The molecular formula is C20H20O5. The van der Waals surface area contributed by atoms with Gasteiger partial charge in [-0.15, -0.1) is 6.58 Å². The highest BCUT2D eigenvalue weighted by Crippen LogP contribution is 2.47. The standard InChI is InChI=1S/C20H20O5/c1-4-5-13-8-17(21-3)20-18(9-13)25-19(12(2)24-20)14-6-7-15-16(10-14)23-11-22-15/h4,6-10,12,19H,1,5,11H2,2-3H3. The van der Waals surface area contributed by atoms with E-state index in [2.05, 4.69) is 6.58 Å². The van der Waals surface area contributed by atoms with Crippen molar-refractivity contribution < 1.29 is 23.7 Å². The van der Waals surface area contributed by atoms with Crippen LogP contribution in [-0.2, 0) is 6.42 Å². The first-order valence-electron chi connectivity index (χ1n) is 8.24. The zero-order valence-corrected chi connectivity index (χ0v) is 14.3. The van der Waals surface area contributed by atoms with Gasteiger partial charge in [0.2, 0.25) is 12.5 Å². The normalized spacial score (nSPS) is 20.2. The summed E-state index contributed by atoms with van der Waals surface area (Å²) in [7, 11) is 1.63. The van der Waals surface area contributed by atoms with E-state index in [1.165, 1.54) is 0 Å². The van der Waals surface area contributed by atoms with Crippen molar-refractivity contribution >= 4 is 0 Å². The lowest BCUT2D eigenvalue weighted by Crippen LogP contribution is -2.30. The molecule has 0 aromatic heterocycles. The predicted molar refractivity (Wildman–Crippen MR) is 92.9 cm³/mol. The number of fused-ring (bicyclic) bond motifs is 2. The average Bonchev–Trinajstić information content (AvgIpc) is 3.09. The second kappa shape index (κ2) is 6.24. The third-order valence-electron chi connectivity index (χ3n) is 4.39. The number of hydrogen-bond donors (Lipinski definition) is 0. The van der Waals surface area contributed by atoms with Crippen LogP contribution in [0.25, 0.3) is 0 Å². The molecule has 4 rings (SSSR count). The first-order chi connectivity index (χ1) is 12.2. The number of hydrogen-bond acceptors (Lipinski definition) is 5. The van der Waals surface area contributed by atoms with Gasteiger partial charge in [0.25, 0.3) is 0 Å². The minimum absolute atomic E-state index is 0.174. The zero-order chi connectivity index (χ0) is 17.4. The summed E-state index contributed by atoms with van der Waals surface area (Å²) < 4.78 is 28.7. The molecule has 2 atom stereocenters. The minimum Gasteiger partial charge on any atom is -0.493 e. The quantitative estimate of drug-likeness (QED) is 0.786. The van der Waals surface area contributed by atoms with Crippen LogP contribution < -0.4 is 23.7 Å². The Kier molecular flexibility index (Phi) is 3.92. The van der Waals surface area contributed by atoms with Gasteiger partial charge in [-0.25, -0.2) is 0 Å². The van der Waals surface area contributed by atoms with Crippen molar-refractivity contribution in [1.82, 2.24) is 0 Å². The van der Waals surface area contributed by atoms with Crippen molar-refractivity contribution in [3.8, 4) is 28.7 Å². The van der Waals surface area contributed by atoms with Crippen LogP contribution in [0.4, 0.5) is 0 Å². The third-order valence-corrected chi connectivity index (χ3v) is 4.39. The van der Waals surface area contributed by atoms with Crippen LogP contribution >= 0.6 is 0 Å². The van der Waals surface area contributed by atoms with Crippen LogP contribution in [0.2, 0.25) is 0 Å². The van der Waals surface area contributed by atoms with E-state index in [1.54, 1.807) is 7.11 Å². The summed E-state index contributed by atoms with van der Waals surface area (Å²) in [5.41, 5.74) is 2.05. The molecular weight excluding hydrogens is 320 g/mol. The Hall–Kier alpha value is -2.82. The van der Waals surface area contributed by atoms with Crippen molar-refractivity contribution in [2.24, 2.45) is 0 Å². The van der Waals surface area contributed by atoms with Gasteiger partial charge in [0.05, 0.1) is 7.11 Å². The lowest BCUT2D eigenvalue weighted by molar-refractivity contribution is 0.0280. The highest BCUT2D eigenvalue weighted by molar-refractivity contribution is 5.56. The Bertz CT molecular complexity index is 814. The molecule has 2 aliphatic heterocycles. The van der Waals surface area contributed by atoms with E-state index in [1.807, 2.05) is 43.3 Å². The molecule has 0 amide bonds. The van der Waals surface area contributed by atoms with Crippen LogP contribution in [0.1, 0.15) is 24.2 Å². The smallest absolute Gasteiger partial charge is 0.231 e. The number of methoxy groups -OCH3 is 1. The summed E-state index contributed by atoms with van der Waals surface area (Å²) in [4.78, 5) is 0. The fourth-order valence-electron chi connectivity index (χ4n) is 3.18. The summed E-state index contributed by atoms with van der Waals surface area (Å²) >= 11 is 0. The maximum Gasteiger partial charge on any atom is 0.231 e. The second-order valence-corrected chi connectivity index (χ2v) is 6.09. The highest BCUT2D eigenvalue weighted by Gasteiger charge is 2.33. The molecule has 2 unspecified atom stereocenters. The first-order valence-corrected chi connectivity index (χ1v) is 8.24. The SMILES string of the molecule is C=CCc1cc(OC)c2c(c1)OC(c1ccc3c(c1)OCO3)C(C)O2. The summed E-state index contributed by atoms with van der Waals surface area (Å²) in [6, 6.07) is 9.76. The van der Waals surface area contributed by atoms with Gasteiger partial charge in [-0.05, 0) is 43.2 Å². The van der Waals surface area contributed by atoms with Crippen LogP contribution in [0.5, 0.6) is 28.7 Å². The van der Waals surface area contributed by atoms with Gasteiger partial charge in [-0.2, -0.15) is 0 Å². The highest BCUT2D eigenvalue weighted by atomic mass is 16.7. The maximum absolute atomic E-state index is 6.28. The molecule has 25 heavy (non-hydrogen) atoms. The molecule has 0 saturated heterocycles. The van der Waals surface area contributed by atoms with E-state index in [0.29, 0.717) is 17.2 Å². The topological polar surface area (TPSA) is 46.2 Å². The number of allylic oxidation sites excluding steroid dienone is 1. The fraction of sp³-hybridized carbons (Fsp3) is 0.300. The van der Waals surface area contributed by atoms with Gasteiger partial charge in [-0.1, -0.05) is 12.1 Å². The van der Waals surface area contributed by atoms with E-state index in [0.717, 1.165) is 29.0 Å². The summed E-state index contributed by atoms with van der Waals surface area (Å²) in [5, 5.41) is 0. The Morgan fingerprint density at radius 3 is 2.76 bits per heavy atom. The zero-order valence-electron chi connectivity index (χ0n) is 14.3. The molecule has 2 aromatic carbocycles. The second-order valence-electron chi connectivity index (χ2n) is 6.09. The van der Waals surface area contributed by atoms with Gasteiger partial charge in [0.1, 0.15) is 6.10 Å². The molecule has 0 N–H and O–H groups in total. The van der Waals surface area contributed by atoms with E-state index in [4.69, 9.17) is 23.7 Å². The molecule has 5 nitrogen and oxygen atoms in total. The predicted octanol–water partition coefficient (Wildman–Crippen LogP) is 4.05. The molecule has 2 heterocycles. The largest absolute Gasteiger partial charge is 0.493 e. The minimum atomic E-state index is -0.245. The van der Waals surface area contributed by atoms with Gasteiger partial charge in [0.15, 0.2) is 29.1 Å². The van der Waals surface area contributed by atoms with E-state index >= 15 is 0 Å². The summed E-state index contributed by atoms with van der Waals surface area (Å²) in [6.45, 7) is 6.03. The van der Waals surface area contributed by atoms with Crippen molar-refractivity contribution in [2.75, 3.05) is 13.9 Å². The van der Waals surface area contributed by atoms with E-state index < -0.39 is 0 Å². The summed E-state index contributed by atoms with van der Waals surface area (Å²) in [5.74, 6) is 3.47. The van der Waals surface area contributed by atoms with Gasteiger partial charge in [0, 0.05) is 5.56 Å². The van der Waals surface area contributed by atoms with E-state index in [-0.39, 0.29) is 19.0 Å². The molecule has 0 saturated carbocycles. The average molecular weight is 340 g/mol. The van der Waals surface area contributed by atoms with E-state index in [9.17, 15) is 0 Å². The maximum atomic E-state index is 6.28. The van der Waals surface area contributed by atoms with Gasteiger partial charge >= 0.3 is 0 Å². The lowest BCUT2D eigenvalue weighted by atomic mass is 10.0. The molecule has 0 fully saturated rings. The molecule has 2 aromatic rings. The monoisotopic (exact) mass is 340 g/mol. The Labute approximate surface area is 146 Å². The molecule has 5 heteroatoms. The molecule has 0 aliphatic carbocycles. The first kappa shape index (κ1) is 15.7. The Balaban J connectivity index is 1.70. The molecule has 0 spiro atoms. The third kappa shape index (κ3) is 2.76. The van der Waals surface area contributed by atoms with Crippen molar-refractivity contribution in [3.63, 3.8) is 0 Å². The van der Waals surface area contributed by atoms with Crippen LogP contribution in [0, 0.1) is 0 Å². The number of rotatable bonds is 4. The Morgan fingerprint density at radius 2 is 1.96 bits per heavy atom. The molecule has 130 valence electrons. The van der Waals surface area contributed by atoms with Crippen molar-refractivity contribution in [2.45, 2.75) is 25.6 Å². The van der Waals surface area contributed by atoms with Crippen LogP contribution in [-0.4, -0.2) is 20.0 Å². The summed E-state index contributed by atoms with van der Waals surface area (Å²) in [6.07, 6.45) is 2.16.